The molecule has 0 aliphatic rings. The standard InChI is InChI=1S/C16H15F3O3/c1-3-21-15(20)16(2,9-11-5-4-6-22-11)14-12(18)7-10(17)8-13(14)19/h4-8H,3,9H2,1-2H3. The van der Waals surface area contributed by atoms with Gasteiger partial charge in [-0.15, -0.1) is 0 Å². The van der Waals surface area contributed by atoms with Gasteiger partial charge in [-0.05, 0) is 26.0 Å². The van der Waals surface area contributed by atoms with Crippen molar-refractivity contribution in [1.29, 1.82) is 0 Å². The second kappa shape index (κ2) is 6.25. The predicted molar refractivity (Wildman–Crippen MR) is 72.7 cm³/mol. The number of furan rings is 1. The van der Waals surface area contributed by atoms with Gasteiger partial charge in [-0.25, -0.2) is 13.2 Å². The molecule has 6 heteroatoms. The van der Waals surface area contributed by atoms with Crippen LogP contribution in [0.3, 0.4) is 0 Å². The Kier molecular flexibility index (Phi) is 4.59. The highest BCUT2D eigenvalue weighted by molar-refractivity contribution is 5.83. The van der Waals surface area contributed by atoms with Crippen LogP contribution in [0, 0.1) is 17.5 Å². The lowest BCUT2D eigenvalue weighted by Gasteiger charge is -2.27. The molecule has 2 aromatic rings. The molecule has 1 aromatic heterocycles. The maximum absolute atomic E-state index is 14.1. The van der Waals surface area contributed by atoms with Crippen LogP contribution in [0.2, 0.25) is 0 Å². The largest absolute Gasteiger partial charge is 0.469 e. The number of ether oxygens (including phenoxy) is 1. The van der Waals surface area contributed by atoms with Crippen molar-refractivity contribution in [1.82, 2.24) is 0 Å². The molecule has 3 nitrogen and oxygen atoms in total. The van der Waals surface area contributed by atoms with Gasteiger partial charge in [0.05, 0.1) is 12.9 Å². The number of esters is 1. The van der Waals surface area contributed by atoms with Crippen molar-refractivity contribution in [2.75, 3.05) is 6.61 Å². The molecule has 118 valence electrons. The first-order valence-corrected chi connectivity index (χ1v) is 6.73. The Bertz CT molecular complexity index is 644. The summed E-state index contributed by atoms with van der Waals surface area (Å²) < 4.78 is 51.4. The summed E-state index contributed by atoms with van der Waals surface area (Å²) in [6.07, 6.45) is 1.27. The van der Waals surface area contributed by atoms with Crippen LogP contribution in [0.1, 0.15) is 25.2 Å². The van der Waals surface area contributed by atoms with E-state index >= 15 is 0 Å². The average Bonchev–Trinajstić information content (AvgIpc) is 2.90. The minimum Gasteiger partial charge on any atom is -0.469 e. The molecule has 0 saturated carbocycles. The van der Waals surface area contributed by atoms with E-state index in [1.165, 1.54) is 13.2 Å². The topological polar surface area (TPSA) is 39.4 Å². The highest BCUT2D eigenvalue weighted by atomic mass is 19.1. The Balaban J connectivity index is 2.55. The first kappa shape index (κ1) is 16.1. The summed E-state index contributed by atoms with van der Waals surface area (Å²) in [5, 5.41) is 0. The van der Waals surface area contributed by atoms with E-state index in [0.717, 1.165) is 0 Å². The monoisotopic (exact) mass is 312 g/mol. The molecule has 1 unspecified atom stereocenters. The molecule has 0 radical (unpaired) electrons. The molecule has 22 heavy (non-hydrogen) atoms. The summed E-state index contributed by atoms with van der Waals surface area (Å²) in [6, 6.07) is 4.26. The van der Waals surface area contributed by atoms with E-state index in [-0.39, 0.29) is 13.0 Å². The van der Waals surface area contributed by atoms with Crippen molar-refractivity contribution >= 4 is 5.97 Å². The third-order valence-electron chi connectivity index (χ3n) is 3.39. The molecule has 0 amide bonds. The zero-order valence-corrected chi connectivity index (χ0v) is 12.2. The molecule has 0 aliphatic heterocycles. The molecule has 0 saturated heterocycles. The minimum atomic E-state index is -1.67. The van der Waals surface area contributed by atoms with Gasteiger partial charge >= 0.3 is 5.97 Å². The number of hydrogen-bond acceptors (Lipinski definition) is 3. The Morgan fingerprint density at radius 3 is 2.41 bits per heavy atom. The lowest BCUT2D eigenvalue weighted by Crippen LogP contribution is -2.38. The van der Waals surface area contributed by atoms with Crippen LogP contribution in [0.5, 0.6) is 0 Å². The fraction of sp³-hybridized carbons (Fsp3) is 0.312. The van der Waals surface area contributed by atoms with Crippen LogP contribution in [0.15, 0.2) is 34.9 Å². The van der Waals surface area contributed by atoms with Crippen LogP contribution in [0.4, 0.5) is 13.2 Å². The highest BCUT2D eigenvalue weighted by Crippen LogP contribution is 2.34. The van der Waals surface area contributed by atoms with Crippen LogP contribution in [-0.2, 0) is 21.4 Å². The molecule has 2 rings (SSSR count). The van der Waals surface area contributed by atoms with Gasteiger partial charge in [0.15, 0.2) is 0 Å². The van der Waals surface area contributed by atoms with Crippen LogP contribution in [0.25, 0.3) is 0 Å². The van der Waals surface area contributed by atoms with Crippen molar-refractivity contribution in [3.63, 3.8) is 0 Å². The molecule has 1 aromatic carbocycles. The van der Waals surface area contributed by atoms with Gasteiger partial charge in [-0.2, -0.15) is 0 Å². The quantitative estimate of drug-likeness (QED) is 0.789. The number of carbonyl (C=O) groups is 1. The van der Waals surface area contributed by atoms with Gasteiger partial charge in [0.1, 0.15) is 28.6 Å². The van der Waals surface area contributed by atoms with E-state index < -0.39 is 34.4 Å². The molecular formula is C16H15F3O3. The number of carbonyl (C=O) groups excluding carboxylic acids is 1. The Labute approximate surface area is 125 Å². The van der Waals surface area contributed by atoms with E-state index in [9.17, 15) is 18.0 Å². The number of rotatable bonds is 5. The average molecular weight is 312 g/mol. The van der Waals surface area contributed by atoms with E-state index in [2.05, 4.69) is 0 Å². The third kappa shape index (κ3) is 3.00. The van der Waals surface area contributed by atoms with E-state index in [1.54, 1.807) is 19.1 Å². The Hall–Kier alpha value is -2.24. The Morgan fingerprint density at radius 1 is 1.27 bits per heavy atom. The van der Waals surface area contributed by atoms with Gasteiger partial charge in [0, 0.05) is 24.1 Å². The summed E-state index contributed by atoms with van der Waals surface area (Å²) >= 11 is 0. The first-order valence-electron chi connectivity index (χ1n) is 6.73. The van der Waals surface area contributed by atoms with E-state index in [0.29, 0.717) is 17.9 Å². The molecule has 1 atom stereocenters. The van der Waals surface area contributed by atoms with Gasteiger partial charge < -0.3 is 9.15 Å². The summed E-state index contributed by atoms with van der Waals surface area (Å²) in [4.78, 5) is 12.3. The lowest BCUT2D eigenvalue weighted by atomic mass is 9.78. The second-order valence-corrected chi connectivity index (χ2v) is 5.05. The molecule has 0 fully saturated rings. The van der Waals surface area contributed by atoms with Crippen LogP contribution < -0.4 is 0 Å². The lowest BCUT2D eigenvalue weighted by molar-refractivity contribution is -0.149. The SMILES string of the molecule is CCOC(=O)C(C)(Cc1ccco1)c1c(F)cc(F)cc1F. The van der Waals surface area contributed by atoms with Gasteiger partial charge in [-0.1, -0.05) is 0 Å². The summed E-state index contributed by atoms with van der Waals surface area (Å²) in [6.45, 7) is 2.98. The Morgan fingerprint density at radius 2 is 1.91 bits per heavy atom. The van der Waals surface area contributed by atoms with Gasteiger partial charge in [0.2, 0.25) is 0 Å². The number of halogens is 3. The molecular weight excluding hydrogens is 297 g/mol. The molecule has 0 aliphatic carbocycles. The number of benzene rings is 1. The van der Waals surface area contributed by atoms with Crippen molar-refractivity contribution in [2.45, 2.75) is 25.7 Å². The zero-order chi connectivity index (χ0) is 16.3. The third-order valence-corrected chi connectivity index (χ3v) is 3.39. The fourth-order valence-electron chi connectivity index (χ4n) is 2.38. The normalized spacial score (nSPS) is 13.7. The number of hydrogen-bond donors (Lipinski definition) is 0. The molecule has 0 bridgehead atoms. The minimum absolute atomic E-state index is 0.0526. The highest BCUT2D eigenvalue weighted by Gasteiger charge is 2.42. The van der Waals surface area contributed by atoms with Gasteiger partial charge in [0.25, 0.3) is 0 Å². The van der Waals surface area contributed by atoms with Gasteiger partial charge in [-0.3, -0.25) is 4.79 Å². The summed E-state index contributed by atoms with van der Waals surface area (Å²) in [5.41, 5.74) is -2.21. The van der Waals surface area contributed by atoms with Crippen molar-refractivity contribution in [2.24, 2.45) is 0 Å². The van der Waals surface area contributed by atoms with Crippen molar-refractivity contribution in [3.05, 3.63) is 59.3 Å². The van der Waals surface area contributed by atoms with Crippen molar-refractivity contribution < 1.29 is 27.1 Å². The maximum atomic E-state index is 14.1. The van der Waals surface area contributed by atoms with Crippen LogP contribution >= 0.6 is 0 Å². The molecule has 1 heterocycles. The molecule has 0 spiro atoms. The van der Waals surface area contributed by atoms with Crippen molar-refractivity contribution in [3.8, 4) is 0 Å². The zero-order valence-electron chi connectivity index (χ0n) is 12.2. The maximum Gasteiger partial charge on any atom is 0.316 e. The smallest absolute Gasteiger partial charge is 0.316 e. The van der Waals surface area contributed by atoms with E-state index in [4.69, 9.17) is 9.15 Å². The van der Waals surface area contributed by atoms with E-state index in [1.807, 2.05) is 0 Å². The van der Waals surface area contributed by atoms with Crippen LogP contribution in [-0.4, -0.2) is 12.6 Å². The summed E-state index contributed by atoms with van der Waals surface area (Å²) in [5.74, 6) is -3.78. The predicted octanol–water partition coefficient (Wildman–Crippen LogP) is 3.76. The first-order chi connectivity index (χ1) is 10.4. The molecule has 0 N–H and O–H groups in total. The fourth-order valence-corrected chi connectivity index (χ4v) is 2.38. The summed E-state index contributed by atoms with van der Waals surface area (Å²) in [7, 11) is 0. The second-order valence-electron chi connectivity index (χ2n) is 5.05.